The van der Waals surface area contributed by atoms with Crippen molar-refractivity contribution in [1.29, 1.82) is 0 Å². The Hall–Kier alpha value is -0.0900. The average molecular weight is 164 g/mol. The van der Waals surface area contributed by atoms with Crippen LogP contribution in [0.3, 0.4) is 0 Å². The molecule has 0 heterocycles. The van der Waals surface area contributed by atoms with E-state index in [1.807, 2.05) is 6.92 Å². The van der Waals surface area contributed by atoms with Crippen LogP contribution in [0.4, 0.5) is 0 Å². The van der Waals surface area contributed by atoms with Crippen LogP contribution < -0.4 is 5.73 Å². The molecule has 3 nitrogen and oxygen atoms in total. The molecule has 0 aliphatic carbocycles. The zero-order valence-corrected chi connectivity index (χ0v) is 7.08. The first-order chi connectivity index (χ1) is 4.62. The molecule has 1 N–H and O–H groups in total. The van der Waals surface area contributed by atoms with Crippen molar-refractivity contribution >= 4 is 9.84 Å². The number of unbranched alkanes of at least 4 members (excludes halogenated alkanes) is 1. The summed E-state index contributed by atoms with van der Waals surface area (Å²) in [6.45, 7) is 1.95. The lowest BCUT2D eigenvalue weighted by Crippen LogP contribution is -2.14. The van der Waals surface area contributed by atoms with Crippen molar-refractivity contribution in [3.05, 3.63) is 0 Å². The molecule has 0 fully saturated rings. The maximum absolute atomic E-state index is 10.9. The highest BCUT2D eigenvalue weighted by Crippen LogP contribution is 1.95. The van der Waals surface area contributed by atoms with Crippen molar-refractivity contribution in [3.63, 3.8) is 0 Å². The predicted octanol–water partition coefficient (Wildman–Crippen LogP) is 0.484. The zero-order valence-electron chi connectivity index (χ0n) is 6.26. The van der Waals surface area contributed by atoms with Crippen LogP contribution in [0.1, 0.15) is 19.8 Å². The SMILES string of the molecule is CCCCS(=O)(=O)CC[NH]. The van der Waals surface area contributed by atoms with E-state index < -0.39 is 9.84 Å². The van der Waals surface area contributed by atoms with E-state index in [2.05, 4.69) is 0 Å². The third-order valence-corrected chi connectivity index (χ3v) is 2.96. The van der Waals surface area contributed by atoms with Gasteiger partial charge in [-0.15, -0.1) is 0 Å². The van der Waals surface area contributed by atoms with Gasteiger partial charge in [0.15, 0.2) is 9.84 Å². The van der Waals surface area contributed by atoms with Gasteiger partial charge in [0.05, 0.1) is 11.5 Å². The second kappa shape index (κ2) is 4.68. The molecule has 0 saturated heterocycles. The Bertz CT molecular complexity index is 163. The van der Waals surface area contributed by atoms with Gasteiger partial charge in [0.25, 0.3) is 0 Å². The van der Waals surface area contributed by atoms with Crippen LogP contribution in [-0.4, -0.2) is 26.5 Å². The second-order valence-electron chi connectivity index (χ2n) is 2.26. The van der Waals surface area contributed by atoms with Crippen LogP contribution in [0.25, 0.3) is 0 Å². The van der Waals surface area contributed by atoms with Gasteiger partial charge in [0.1, 0.15) is 0 Å². The van der Waals surface area contributed by atoms with E-state index in [9.17, 15) is 8.42 Å². The van der Waals surface area contributed by atoms with Gasteiger partial charge in [-0.05, 0) is 6.42 Å². The summed E-state index contributed by atoms with van der Waals surface area (Å²) >= 11 is 0. The van der Waals surface area contributed by atoms with Gasteiger partial charge in [-0.25, -0.2) is 8.42 Å². The fourth-order valence-corrected chi connectivity index (χ4v) is 1.87. The molecule has 0 saturated carbocycles. The lowest BCUT2D eigenvalue weighted by atomic mass is 10.4. The van der Waals surface area contributed by atoms with Crippen LogP contribution in [0, 0.1) is 0 Å². The highest BCUT2D eigenvalue weighted by molar-refractivity contribution is 7.91. The fourth-order valence-electron chi connectivity index (χ4n) is 0.622. The van der Waals surface area contributed by atoms with Crippen LogP contribution in [0.5, 0.6) is 0 Å². The highest BCUT2D eigenvalue weighted by Gasteiger charge is 2.07. The molecule has 0 atom stereocenters. The minimum Gasteiger partial charge on any atom is -0.257 e. The van der Waals surface area contributed by atoms with E-state index in [1.165, 1.54) is 0 Å². The summed E-state index contributed by atoms with van der Waals surface area (Å²) in [7, 11) is -2.88. The third-order valence-electron chi connectivity index (χ3n) is 1.22. The molecule has 0 aliphatic rings. The molecular formula is C6H14NO2S. The van der Waals surface area contributed by atoms with Crippen molar-refractivity contribution in [1.82, 2.24) is 5.73 Å². The molecule has 0 aromatic rings. The summed E-state index contributed by atoms with van der Waals surface area (Å²) in [5.74, 6) is 0.273. The third kappa shape index (κ3) is 4.76. The van der Waals surface area contributed by atoms with Gasteiger partial charge in [-0.3, -0.25) is 5.73 Å². The van der Waals surface area contributed by atoms with Gasteiger partial charge < -0.3 is 0 Å². The first-order valence-corrected chi connectivity index (χ1v) is 5.29. The van der Waals surface area contributed by atoms with E-state index in [0.717, 1.165) is 12.8 Å². The maximum Gasteiger partial charge on any atom is 0.151 e. The molecule has 0 aromatic carbocycles. The molecule has 4 heteroatoms. The molecule has 0 spiro atoms. The molecule has 0 aliphatic heterocycles. The van der Waals surface area contributed by atoms with Gasteiger partial charge in [-0.1, -0.05) is 13.3 Å². The Morgan fingerprint density at radius 2 is 1.90 bits per heavy atom. The van der Waals surface area contributed by atoms with Gasteiger partial charge in [0, 0.05) is 6.54 Å². The number of rotatable bonds is 5. The number of hydrogen-bond donors (Lipinski definition) is 0. The first kappa shape index (κ1) is 9.91. The lowest BCUT2D eigenvalue weighted by molar-refractivity contribution is 0.592. The van der Waals surface area contributed by atoms with Gasteiger partial charge in [0.2, 0.25) is 0 Å². The Morgan fingerprint density at radius 1 is 1.30 bits per heavy atom. The molecule has 0 aromatic heterocycles. The average Bonchev–Trinajstić information content (AvgIpc) is 1.84. The summed E-state index contributed by atoms with van der Waals surface area (Å²) < 4.78 is 21.7. The fraction of sp³-hybridized carbons (Fsp3) is 1.00. The summed E-state index contributed by atoms with van der Waals surface area (Å²) in [5, 5.41) is 0. The second-order valence-corrected chi connectivity index (χ2v) is 4.56. The van der Waals surface area contributed by atoms with Crippen LogP contribution in [-0.2, 0) is 9.84 Å². The lowest BCUT2D eigenvalue weighted by Gasteiger charge is -1.98. The quantitative estimate of drug-likeness (QED) is 0.593. The minimum absolute atomic E-state index is 0.00789. The Morgan fingerprint density at radius 3 is 2.30 bits per heavy atom. The molecule has 0 amide bonds. The molecule has 0 bridgehead atoms. The predicted molar refractivity (Wildman–Crippen MR) is 41.5 cm³/mol. The summed E-state index contributed by atoms with van der Waals surface area (Å²) in [6.07, 6.45) is 1.62. The van der Waals surface area contributed by atoms with Crippen molar-refractivity contribution in [3.8, 4) is 0 Å². The topological polar surface area (TPSA) is 57.9 Å². The van der Waals surface area contributed by atoms with E-state index in [1.54, 1.807) is 0 Å². The maximum atomic E-state index is 10.9. The molecule has 0 rings (SSSR count). The van der Waals surface area contributed by atoms with Crippen LogP contribution in [0.15, 0.2) is 0 Å². The van der Waals surface area contributed by atoms with Crippen molar-refractivity contribution < 1.29 is 8.42 Å². The summed E-state index contributed by atoms with van der Waals surface area (Å²) in [6, 6.07) is 0. The normalized spacial score (nSPS) is 11.8. The molecule has 1 radical (unpaired) electrons. The van der Waals surface area contributed by atoms with E-state index in [-0.39, 0.29) is 18.1 Å². The Labute approximate surface area is 62.5 Å². The standard InChI is InChI=1S/C6H14NO2S/c1-2-3-5-10(8,9)6-4-7/h7H,2-6H2,1H3. The minimum atomic E-state index is -2.88. The number of sulfone groups is 1. The molecule has 61 valence electrons. The highest BCUT2D eigenvalue weighted by atomic mass is 32.2. The molecular weight excluding hydrogens is 150 g/mol. The Balaban J connectivity index is 3.65. The van der Waals surface area contributed by atoms with Crippen molar-refractivity contribution in [2.24, 2.45) is 0 Å². The van der Waals surface area contributed by atoms with Gasteiger partial charge >= 0.3 is 0 Å². The molecule has 0 unspecified atom stereocenters. The van der Waals surface area contributed by atoms with Crippen molar-refractivity contribution in [2.45, 2.75) is 19.8 Å². The zero-order chi connectivity index (χ0) is 8.04. The monoisotopic (exact) mass is 164 g/mol. The number of hydrogen-bond acceptors (Lipinski definition) is 2. The van der Waals surface area contributed by atoms with E-state index in [0.29, 0.717) is 0 Å². The number of nitrogens with one attached hydrogen (secondary N) is 1. The van der Waals surface area contributed by atoms with Gasteiger partial charge in [-0.2, -0.15) is 0 Å². The van der Waals surface area contributed by atoms with Crippen LogP contribution >= 0.6 is 0 Å². The Kier molecular flexibility index (Phi) is 4.64. The largest absolute Gasteiger partial charge is 0.257 e. The van der Waals surface area contributed by atoms with E-state index >= 15 is 0 Å². The van der Waals surface area contributed by atoms with Crippen LogP contribution in [0.2, 0.25) is 0 Å². The summed E-state index contributed by atoms with van der Waals surface area (Å²) in [5.41, 5.74) is 6.71. The van der Waals surface area contributed by atoms with Crippen molar-refractivity contribution in [2.75, 3.05) is 18.1 Å². The molecule has 10 heavy (non-hydrogen) atoms. The van der Waals surface area contributed by atoms with E-state index in [4.69, 9.17) is 5.73 Å². The smallest absolute Gasteiger partial charge is 0.151 e. The summed E-state index contributed by atoms with van der Waals surface area (Å²) in [4.78, 5) is 0. The first-order valence-electron chi connectivity index (χ1n) is 3.47.